The Labute approximate surface area is 206 Å². The summed E-state index contributed by atoms with van der Waals surface area (Å²) in [5, 5.41) is 0. The smallest absolute Gasteiger partial charge is 0.330 e. The van der Waals surface area contributed by atoms with Crippen LogP contribution in [0.2, 0.25) is 0 Å². The molecule has 1 amide bonds. The van der Waals surface area contributed by atoms with E-state index in [9.17, 15) is 14.4 Å². The van der Waals surface area contributed by atoms with Crippen molar-refractivity contribution in [1.29, 1.82) is 0 Å². The first kappa shape index (κ1) is 26.4. The summed E-state index contributed by atoms with van der Waals surface area (Å²) in [7, 11) is 1.54. The number of aromatic amines is 1. The second-order valence-corrected chi connectivity index (χ2v) is 9.53. The number of nitrogens with zero attached hydrogens (tertiary/aromatic N) is 2. The largest absolute Gasteiger partial charge is 0.493 e. The molecule has 9 nitrogen and oxygen atoms in total. The van der Waals surface area contributed by atoms with Gasteiger partial charge in [0.25, 0.3) is 11.5 Å². The molecule has 1 aromatic carbocycles. The van der Waals surface area contributed by atoms with E-state index in [0.29, 0.717) is 30.0 Å². The van der Waals surface area contributed by atoms with Gasteiger partial charge in [0.15, 0.2) is 17.2 Å². The van der Waals surface area contributed by atoms with Crippen LogP contribution in [0.3, 0.4) is 0 Å². The van der Waals surface area contributed by atoms with Crippen molar-refractivity contribution >= 4 is 17.4 Å². The number of amides is 1. The maximum absolute atomic E-state index is 13.7. The van der Waals surface area contributed by atoms with Crippen LogP contribution in [0.4, 0.5) is 11.5 Å². The predicted octanol–water partition coefficient (Wildman–Crippen LogP) is 3.94. The molecule has 3 rings (SSSR count). The van der Waals surface area contributed by atoms with Gasteiger partial charge in [-0.3, -0.25) is 19.1 Å². The fourth-order valence-corrected chi connectivity index (χ4v) is 4.32. The zero-order valence-corrected chi connectivity index (χ0v) is 21.3. The Balaban J connectivity index is 2.01. The van der Waals surface area contributed by atoms with Crippen molar-refractivity contribution in [3.05, 3.63) is 44.6 Å². The number of benzene rings is 1. The van der Waals surface area contributed by atoms with Crippen molar-refractivity contribution in [2.24, 2.45) is 5.92 Å². The Morgan fingerprint density at radius 2 is 1.94 bits per heavy atom. The molecular weight excluding hydrogens is 448 g/mol. The first-order valence-corrected chi connectivity index (χ1v) is 12.6. The number of methoxy groups -OCH3 is 1. The first-order valence-electron chi connectivity index (χ1n) is 12.6. The summed E-state index contributed by atoms with van der Waals surface area (Å²) in [6, 6.07) is 5.04. The van der Waals surface area contributed by atoms with Crippen LogP contribution in [0.25, 0.3) is 0 Å². The van der Waals surface area contributed by atoms with Crippen LogP contribution < -0.4 is 31.4 Å². The van der Waals surface area contributed by atoms with Crippen LogP contribution >= 0.6 is 0 Å². The number of aromatic nitrogens is 2. The molecule has 0 saturated heterocycles. The first-order chi connectivity index (χ1) is 16.8. The molecule has 0 bridgehead atoms. The van der Waals surface area contributed by atoms with Crippen molar-refractivity contribution in [1.82, 2.24) is 9.55 Å². The zero-order valence-electron chi connectivity index (χ0n) is 21.3. The van der Waals surface area contributed by atoms with E-state index >= 15 is 0 Å². The number of nitrogen functional groups attached to an aromatic ring is 1. The highest BCUT2D eigenvalue weighted by Gasteiger charge is 2.27. The molecule has 1 aromatic heterocycles. The number of nitrogens with two attached hydrogens (primary N) is 1. The molecule has 192 valence electrons. The summed E-state index contributed by atoms with van der Waals surface area (Å²) in [4.78, 5) is 42.7. The SMILES string of the molecule is CCCCn1c(N)c(N(CCC(C)C)C(=O)c2ccc(OC3CCCC3)c(OC)c2)c(=O)[nH]c1=O. The van der Waals surface area contributed by atoms with Gasteiger partial charge in [0.05, 0.1) is 13.2 Å². The molecule has 3 N–H and O–H groups in total. The second-order valence-electron chi connectivity index (χ2n) is 9.53. The van der Waals surface area contributed by atoms with Gasteiger partial charge in [0.2, 0.25) is 0 Å². The highest BCUT2D eigenvalue weighted by molar-refractivity contribution is 6.07. The third kappa shape index (κ3) is 6.26. The molecule has 1 saturated carbocycles. The molecular formula is C26H38N4O5. The van der Waals surface area contributed by atoms with E-state index in [1.54, 1.807) is 18.2 Å². The van der Waals surface area contributed by atoms with Crippen LogP contribution in [-0.4, -0.2) is 35.2 Å². The van der Waals surface area contributed by atoms with E-state index in [4.69, 9.17) is 15.2 Å². The lowest BCUT2D eigenvalue weighted by Gasteiger charge is -2.26. The fraction of sp³-hybridized carbons (Fsp3) is 0.577. The monoisotopic (exact) mass is 486 g/mol. The Kier molecular flexibility index (Phi) is 9.01. The summed E-state index contributed by atoms with van der Waals surface area (Å²) in [5.41, 5.74) is 5.42. The molecule has 0 aliphatic heterocycles. The summed E-state index contributed by atoms with van der Waals surface area (Å²) in [5.74, 6) is 0.941. The van der Waals surface area contributed by atoms with E-state index in [2.05, 4.69) is 4.98 Å². The lowest BCUT2D eigenvalue weighted by Crippen LogP contribution is -2.42. The maximum Gasteiger partial charge on any atom is 0.330 e. The van der Waals surface area contributed by atoms with Gasteiger partial charge < -0.3 is 20.1 Å². The predicted molar refractivity (Wildman–Crippen MR) is 138 cm³/mol. The van der Waals surface area contributed by atoms with Gasteiger partial charge >= 0.3 is 5.69 Å². The Bertz CT molecular complexity index is 1130. The number of nitrogens with one attached hydrogen (secondary N) is 1. The maximum atomic E-state index is 13.7. The van der Waals surface area contributed by atoms with Gasteiger partial charge in [0.1, 0.15) is 5.82 Å². The number of anilines is 2. The van der Waals surface area contributed by atoms with Gasteiger partial charge in [-0.05, 0) is 62.6 Å². The van der Waals surface area contributed by atoms with E-state index in [-0.39, 0.29) is 30.1 Å². The van der Waals surface area contributed by atoms with E-state index in [0.717, 1.165) is 38.5 Å². The molecule has 1 heterocycles. The number of ether oxygens (including phenoxy) is 2. The van der Waals surface area contributed by atoms with Crippen LogP contribution in [-0.2, 0) is 6.54 Å². The fourth-order valence-electron chi connectivity index (χ4n) is 4.32. The molecule has 35 heavy (non-hydrogen) atoms. The molecule has 2 aromatic rings. The van der Waals surface area contributed by atoms with Gasteiger partial charge in [-0.1, -0.05) is 27.2 Å². The number of hydrogen-bond donors (Lipinski definition) is 2. The summed E-state index contributed by atoms with van der Waals surface area (Å²) in [6.45, 7) is 6.71. The van der Waals surface area contributed by atoms with Gasteiger partial charge in [-0.2, -0.15) is 0 Å². The Morgan fingerprint density at radius 3 is 2.57 bits per heavy atom. The molecule has 0 radical (unpaired) electrons. The van der Waals surface area contributed by atoms with Crippen molar-refractivity contribution in [2.75, 3.05) is 24.3 Å². The number of carbonyl (C=O) groups excluding carboxylic acids is 1. The van der Waals surface area contributed by atoms with Crippen molar-refractivity contribution in [3.8, 4) is 11.5 Å². The molecule has 0 atom stereocenters. The van der Waals surface area contributed by atoms with E-state index < -0.39 is 17.2 Å². The Morgan fingerprint density at radius 1 is 1.23 bits per heavy atom. The zero-order chi connectivity index (χ0) is 25.5. The number of unbranched alkanes of at least 4 members (excludes halogenated alkanes) is 1. The quantitative estimate of drug-likeness (QED) is 0.496. The summed E-state index contributed by atoms with van der Waals surface area (Å²) < 4.78 is 12.9. The van der Waals surface area contributed by atoms with E-state index in [1.165, 1.54) is 16.6 Å². The van der Waals surface area contributed by atoms with Crippen molar-refractivity contribution < 1.29 is 14.3 Å². The molecule has 1 aliphatic rings. The number of carbonyl (C=O) groups is 1. The van der Waals surface area contributed by atoms with Gasteiger partial charge in [0, 0.05) is 18.7 Å². The van der Waals surface area contributed by atoms with Crippen LogP contribution in [0.15, 0.2) is 27.8 Å². The third-order valence-electron chi connectivity index (χ3n) is 6.40. The van der Waals surface area contributed by atoms with Crippen LogP contribution in [0, 0.1) is 5.92 Å². The van der Waals surface area contributed by atoms with Crippen LogP contribution in [0.1, 0.15) is 76.1 Å². The van der Waals surface area contributed by atoms with Crippen molar-refractivity contribution in [3.63, 3.8) is 0 Å². The molecule has 0 spiro atoms. The minimum atomic E-state index is -0.675. The average molecular weight is 487 g/mol. The molecule has 1 fully saturated rings. The minimum Gasteiger partial charge on any atom is -0.493 e. The molecule has 1 aliphatic carbocycles. The number of hydrogen-bond acceptors (Lipinski definition) is 6. The lowest BCUT2D eigenvalue weighted by molar-refractivity contribution is 0.0985. The van der Waals surface area contributed by atoms with Gasteiger partial charge in [-0.25, -0.2) is 4.79 Å². The second kappa shape index (κ2) is 12.0. The normalized spacial score (nSPS) is 13.9. The molecule has 9 heteroatoms. The number of rotatable bonds is 11. The average Bonchev–Trinajstić information content (AvgIpc) is 3.33. The highest BCUT2D eigenvalue weighted by Crippen LogP contribution is 2.33. The standard InChI is InChI=1S/C26H38N4O5/c1-5-6-14-30-23(27)22(24(31)28-26(30)33)29(15-13-17(2)3)25(32)18-11-12-20(21(16-18)34-4)35-19-9-7-8-10-19/h11-12,16-17,19H,5-10,13-15,27H2,1-4H3,(H,28,31,33). The topological polar surface area (TPSA) is 120 Å². The highest BCUT2D eigenvalue weighted by atomic mass is 16.5. The number of H-pyrrole nitrogens is 1. The third-order valence-corrected chi connectivity index (χ3v) is 6.40. The summed E-state index contributed by atoms with van der Waals surface area (Å²) in [6.07, 6.45) is 6.66. The lowest BCUT2D eigenvalue weighted by atomic mass is 10.1. The van der Waals surface area contributed by atoms with Crippen molar-refractivity contribution in [2.45, 2.75) is 78.4 Å². The Hall–Kier alpha value is -3.23. The molecule has 0 unspecified atom stereocenters. The minimum absolute atomic E-state index is 0.00235. The van der Waals surface area contributed by atoms with Gasteiger partial charge in [-0.15, -0.1) is 0 Å². The van der Waals surface area contributed by atoms with Crippen LogP contribution in [0.5, 0.6) is 11.5 Å². The van der Waals surface area contributed by atoms with E-state index in [1.807, 2.05) is 20.8 Å². The summed E-state index contributed by atoms with van der Waals surface area (Å²) >= 11 is 0.